The Morgan fingerprint density at radius 1 is 1.26 bits per heavy atom. The summed E-state index contributed by atoms with van der Waals surface area (Å²) in [7, 11) is 0. The van der Waals surface area contributed by atoms with Crippen LogP contribution in [0.2, 0.25) is 0 Å². The molecule has 1 aromatic heterocycles. The van der Waals surface area contributed by atoms with E-state index in [0.717, 1.165) is 23.2 Å². The molecule has 3 amide bonds. The van der Waals surface area contributed by atoms with E-state index in [0.29, 0.717) is 30.0 Å². The number of fused-ring (bicyclic) bond motifs is 2. The molecule has 4 rings (SSSR count). The van der Waals surface area contributed by atoms with Crippen LogP contribution in [0, 0.1) is 17.8 Å². The Morgan fingerprint density at radius 3 is 2.77 bits per heavy atom. The van der Waals surface area contributed by atoms with Crippen molar-refractivity contribution in [1.29, 1.82) is 0 Å². The molecule has 8 nitrogen and oxygen atoms in total. The van der Waals surface area contributed by atoms with Gasteiger partial charge in [0.05, 0.1) is 5.75 Å². The van der Waals surface area contributed by atoms with Gasteiger partial charge in [-0.3, -0.25) is 14.7 Å². The summed E-state index contributed by atoms with van der Waals surface area (Å²) < 4.78 is 1.52. The number of rotatable bonds is 8. The number of imide groups is 1. The molecule has 1 aromatic carbocycles. The maximum absolute atomic E-state index is 12.2. The van der Waals surface area contributed by atoms with Crippen LogP contribution in [-0.2, 0) is 17.8 Å². The van der Waals surface area contributed by atoms with Gasteiger partial charge in [-0.25, -0.2) is 14.7 Å². The summed E-state index contributed by atoms with van der Waals surface area (Å²) in [6, 6.07) is 9.47. The lowest BCUT2D eigenvalue weighted by Gasteiger charge is -2.28. The van der Waals surface area contributed by atoms with Gasteiger partial charge in [-0.05, 0) is 55.9 Å². The van der Waals surface area contributed by atoms with Crippen molar-refractivity contribution in [3.8, 4) is 0 Å². The predicted molar refractivity (Wildman–Crippen MR) is 119 cm³/mol. The van der Waals surface area contributed by atoms with Crippen LogP contribution < -0.4 is 16.3 Å². The van der Waals surface area contributed by atoms with Gasteiger partial charge >= 0.3 is 11.7 Å². The van der Waals surface area contributed by atoms with E-state index in [4.69, 9.17) is 0 Å². The third-order valence-corrected chi connectivity index (χ3v) is 7.55. The highest BCUT2D eigenvalue weighted by Gasteiger charge is 2.42. The number of H-pyrrole nitrogens is 1. The predicted octanol–water partition coefficient (Wildman–Crippen LogP) is 2.56. The Morgan fingerprint density at radius 2 is 2.06 bits per heavy atom. The minimum absolute atomic E-state index is 0.00551. The Hall–Kier alpha value is -2.55. The Bertz CT molecular complexity index is 973. The van der Waals surface area contributed by atoms with Gasteiger partial charge in [-0.1, -0.05) is 48.5 Å². The first-order chi connectivity index (χ1) is 15.0. The summed E-state index contributed by atoms with van der Waals surface area (Å²) in [6.45, 7) is 2.49. The zero-order chi connectivity index (χ0) is 21.8. The van der Waals surface area contributed by atoms with E-state index in [9.17, 15) is 14.4 Å². The summed E-state index contributed by atoms with van der Waals surface area (Å²) in [4.78, 5) is 36.5. The fourth-order valence-electron chi connectivity index (χ4n) is 5.05. The third-order valence-electron chi connectivity index (χ3n) is 6.57. The number of amides is 3. The van der Waals surface area contributed by atoms with E-state index in [1.807, 2.05) is 37.3 Å². The minimum Gasteiger partial charge on any atom is -0.335 e. The summed E-state index contributed by atoms with van der Waals surface area (Å²) in [6.07, 6.45) is 5.72. The molecule has 2 bridgehead atoms. The van der Waals surface area contributed by atoms with Crippen LogP contribution in [0.5, 0.6) is 0 Å². The lowest BCUT2D eigenvalue weighted by Crippen LogP contribution is -2.47. The number of aromatic amines is 1. The van der Waals surface area contributed by atoms with Crippen LogP contribution in [0.3, 0.4) is 0 Å². The van der Waals surface area contributed by atoms with Crippen LogP contribution in [-0.4, -0.2) is 38.5 Å². The van der Waals surface area contributed by atoms with Gasteiger partial charge in [-0.15, -0.1) is 5.10 Å². The summed E-state index contributed by atoms with van der Waals surface area (Å²) in [5, 5.41) is 12.2. The Balaban J connectivity index is 1.23. The number of nitrogens with one attached hydrogen (secondary N) is 3. The summed E-state index contributed by atoms with van der Waals surface area (Å²) in [5.41, 5.74) is 0.807. The highest BCUT2D eigenvalue weighted by Crippen LogP contribution is 2.49. The monoisotopic (exact) mass is 443 g/mol. The highest BCUT2D eigenvalue weighted by molar-refractivity contribution is 7.99. The van der Waals surface area contributed by atoms with Crippen molar-refractivity contribution in [3.63, 3.8) is 0 Å². The molecule has 0 aliphatic heterocycles. The van der Waals surface area contributed by atoms with Crippen molar-refractivity contribution >= 4 is 23.7 Å². The zero-order valence-corrected chi connectivity index (χ0v) is 18.5. The smallest absolute Gasteiger partial charge is 0.335 e. The molecule has 31 heavy (non-hydrogen) atoms. The first-order valence-electron chi connectivity index (χ1n) is 10.9. The Kier molecular flexibility index (Phi) is 6.80. The minimum atomic E-state index is -0.454. The van der Waals surface area contributed by atoms with E-state index < -0.39 is 11.9 Å². The van der Waals surface area contributed by atoms with Crippen LogP contribution in [0.25, 0.3) is 0 Å². The topological polar surface area (TPSA) is 109 Å². The number of carbonyl (C=O) groups is 2. The molecular formula is C22H29N5O3S. The van der Waals surface area contributed by atoms with Gasteiger partial charge in [0.15, 0.2) is 5.16 Å². The van der Waals surface area contributed by atoms with Gasteiger partial charge in [0.1, 0.15) is 0 Å². The van der Waals surface area contributed by atoms with E-state index >= 15 is 0 Å². The number of benzene rings is 1. The number of hydrogen-bond acceptors (Lipinski definition) is 5. The van der Waals surface area contributed by atoms with Crippen LogP contribution in [0.4, 0.5) is 4.79 Å². The number of aryl methyl sites for hydroxylation is 1. The zero-order valence-electron chi connectivity index (χ0n) is 17.7. The van der Waals surface area contributed by atoms with Crippen LogP contribution >= 0.6 is 11.8 Å². The molecule has 4 atom stereocenters. The first kappa shape index (κ1) is 21.7. The number of aromatic nitrogens is 3. The van der Waals surface area contributed by atoms with Crippen molar-refractivity contribution in [2.45, 2.75) is 56.8 Å². The van der Waals surface area contributed by atoms with Crippen molar-refractivity contribution < 1.29 is 9.59 Å². The van der Waals surface area contributed by atoms with Crippen molar-refractivity contribution in [2.75, 3.05) is 5.75 Å². The molecule has 1 heterocycles. The number of thioether (sulfide) groups is 1. The molecule has 2 aromatic rings. The third kappa shape index (κ3) is 5.39. The number of nitrogens with zero attached hydrogens (tertiary/aromatic N) is 2. The fraction of sp³-hybridized carbons (Fsp3) is 0.545. The standard InChI is InChI=1S/C22H29N5O3S/c1-14(18-12-16-7-8-17(18)11-16)23-20(29)24-19(28)13-31-22-26-25-21(30)27(22)10-9-15-5-3-2-4-6-15/h2-6,14,16-18H,7-13H2,1H3,(H,25,30)(H2,23,24,28,29)/t14-,16-,17-,18-/m0/s1. The van der Waals surface area contributed by atoms with E-state index in [-0.39, 0.29) is 17.5 Å². The molecule has 0 saturated heterocycles. The molecule has 0 unspecified atom stereocenters. The van der Waals surface area contributed by atoms with Gasteiger partial charge in [0.25, 0.3) is 0 Å². The molecule has 0 spiro atoms. The SMILES string of the molecule is C[C@H](NC(=O)NC(=O)CSc1n[nH]c(=O)n1CCc1ccccc1)[C@@H]1C[C@H]2CC[C@H]1C2. The van der Waals surface area contributed by atoms with Gasteiger partial charge in [-0.2, -0.15) is 0 Å². The Labute approximate surface area is 185 Å². The lowest BCUT2D eigenvalue weighted by atomic mass is 9.84. The van der Waals surface area contributed by atoms with Gasteiger partial charge in [0, 0.05) is 12.6 Å². The van der Waals surface area contributed by atoms with Crippen LogP contribution in [0.1, 0.15) is 38.2 Å². The molecule has 2 fully saturated rings. The summed E-state index contributed by atoms with van der Waals surface area (Å²) >= 11 is 1.14. The molecular weight excluding hydrogens is 414 g/mol. The molecule has 166 valence electrons. The second-order valence-electron chi connectivity index (χ2n) is 8.64. The quantitative estimate of drug-likeness (QED) is 0.544. The maximum Gasteiger partial charge on any atom is 0.343 e. The number of urea groups is 1. The molecule has 9 heteroatoms. The second-order valence-corrected chi connectivity index (χ2v) is 9.58. The van der Waals surface area contributed by atoms with Crippen molar-refractivity contribution in [3.05, 3.63) is 46.4 Å². The maximum atomic E-state index is 12.2. The highest BCUT2D eigenvalue weighted by atomic mass is 32.2. The number of carbonyl (C=O) groups excluding carboxylic acids is 2. The normalized spacial score (nSPS) is 22.9. The second kappa shape index (κ2) is 9.72. The van der Waals surface area contributed by atoms with E-state index in [2.05, 4.69) is 20.8 Å². The summed E-state index contributed by atoms with van der Waals surface area (Å²) in [5.74, 6) is 1.63. The lowest BCUT2D eigenvalue weighted by molar-refractivity contribution is -0.117. The van der Waals surface area contributed by atoms with Gasteiger partial charge in [0.2, 0.25) is 5.91 Å². The number of hydrogen-bond donors (Lipinski definition) is 3. The first-order valence-corrected chi connectivity index (χ1v) is 11.9. The van der Waals surface area contributed by atoms with Crippen molar-refractivity contribution in [2.24, 2.45) is 17.8 Å². The van der Waals surface area contributed by atoms with E-state index in [1.165, 1.54) is 30.3 Å². The average molecular weight is 444 g/mol. The van der Waals surface area contributed by atoms with Crippen molar-refractivity contribution in [1.82, 2.24) is 25.4 Å². The molecule has 0 radical (unpaired) electrons. The van der Waals surface area contributed by atoms with Crippen LogP contribution in [0.15, 0.2) is 40.3 Å². The average Bonchev–Trinajstić information content (AvgIpc) is 3.47. The molecule has 2 saturated carbocycles. The molecule has 2 aliphatic carbocycles. The molecule has 2 aliphatic rings. The largest absolute Gasteiger partial charge is 0.343 e. The van der Waals surface area contributed by atoms with E-state index in [1.54, 1.807) is 0 Å². The van der Waals surface area contributed by atoms with Gasteiger partial charge < -0.3 is 5.32 Å². The molecule has 3 N–H and O–H groups in total. The fourth-order valence-corrected chi connectivity index (χ4v) is 5.82.